The van der Waals surface area contributed by atoms with Crippen molar-refractivity contribution in [1.82, 2.24) is 10.2 Å². The van der Waals surface area contributed by atoms with E-state index in [4.69, 9.17) is 0 Å². The van der Waals surface area contributed by atoms with Crippen LogP contribution in [0.15, 0.2) is 47.4 Å². The first kappa shape index (κ1) is 14.7. The number of hydrogen-bond acceptors (Lipinski definition) is 5. The number of fused-ring (bicyclic) bond motifs is 1. The quantitative estimate of drug-likeness (QED) is 0.703. The molecule has 3 aromatic rings. The molecule has 116 valence electrons. The maximum absolute atomic E-state index is 12.1. The predicted octanol–water partition coefficient (Wildman–Crippen LogP) is 4.30. The minimum Gasteiger partial charge on any atom is -0.300 e. The van der Waals surface area contributed by atoms with E-state index in [0.717, 1.165) is 9.90 Å². The van der Waals surface area contributed by atoms with Crippen molar-refractivity contribution in [2.45, 2.75) is 23.7 Å². The minimum absolute atomic E-state index is 0.0401. The molecule has 1 heterocycles. The zero-order valence-corrected chi connectivity index (χ0v) is 14.0. The molecule has 0 radical (unpaired) electrons. The SMILES string of the molecule is O=C(CSc1ccc2ccccc2c1)Nc1nnc(C2CC2)s1. The van der Waals surface area contributed by atoms with E-state index >= 15 is 0 Å². The Morgan fingerprint density at radius 2 is 2.00 bits per heavy atom. The highest BCUT2D eigenvalue weighted by Crippen LogP contribution is 2.42. The Labute approximate surface area is 142 Å². The van der Waals surface area contributed by atoms with Crippen LogP contribution in [-0.4, -0.2) is 21.9 Å². The van der Waals surface area contributed by atoms with Crippen LogP contribution in [0, 0.1) is 0 Å². The van der Waals surface area contributed by atoms with Crippen molar-refractivity contribution in [3.05, 3.63) is 47.5 Å². The summed E-state index contributed by atoms with van der Waals surface area (Å²) in [4.78, 5) is 13.1. The number of anilines is 1. The Balaban J connectivity index is 1.36. The van der Waals surface area contributed by atoms with Crippen molar-refractivity contribution in [2.75, 3.05) is 11.1 Å². The molecule has 1 aromatic heterocycles. The van der Waals surface area contributed by atoms with Crippen LogP contribution in [0.4, 0.5) is 5.13 Å². The topological polar surface area (TPSA) is 54.9 Å². The van der Waals surface area contributed by atoms with E-state index in [0.29, 0.717) is 16.8 Å². The van der Waals surface area contributed by atoms with Crippen molar-refractivity contribution < 1.29 is 4.79 Å². The number of carbonyl (C=O) groups is 1. The Bertz CT molecular complexity index is 858. The standard InChI is InChI=1S/C17H15N3OS2/c21-15(18-17-20-19-16(23-17)12-5-6-12)10-22-14-8-7-11-3-1-2-4-13(11)9-14/h1-4,7-9,12H,5-6,10H2,(H,18,20,21). The maximum atomic E-state index is 12.1. The van der Waals surface area contributed by atoms with Crippen LogP contribution in [0.3, 0.4) is 0 Å². The molecule has 1 saturated carbocycles. The van der Waals surface area contributed by atoms with E-state index in [9.17, 15) is 4.79 Å². The van der Waals surface area contributed by atoms with Gasteiger partial charge < -0.3 is 0 Å². The second-order valence-corrected chi connectivity index (χ2v) is 7.62. The average molecular weight is 341 g/mol. The van der Waals surface area contributed by atoms with Gasteiger partial charge in [-0.2, -0.15) is 0 Å². The molecular weight excluding hydrogens is 326 g/mol. The summed E-state index contributed by atoms with van der Waals surface area (Å²) >= 11 is 3.02. The number of rotatable bonds is 5. The molecule has 0 bridgehead atoms. The van der Waals surface area contributed by atoms with E-state index in [-0.39, 0.29) is 5.91 Å². The monoisotopic (exact) mass is 341 g/mol. The number of thioether (sulfide) groups is 1. The van der Waals surface area contributed by atoms with Crippen LogP contribution < -0.4 is 5.32 Å². The summed E-state index contributed by atoms with van der Waals surface area (Å²) in [6.45, 7) is 0. The summed E-state index contributed by atoms with van der Waals surface area (Å²) in [5.74, 6) is 0.906. The lowest BCUT2D eigenvalue weighted by Crippen LogP contribution is -2.13. The predicted molar refractivity (Wildman–Crippen MR) is 95.2 cm³/mol. The molecule has 0 spiro atoms. The molecule has 0 saturated heterocycles. The highest BCUT2D eigenvalue weighted by molar-refractivity contribution is 8.00. The van der Waals surface area contributed by atoms with Crippen molar-refractivity contribution in [3.8, 4) is 0 Å². The molecule has 1 fully saturated rings. The van der Waals surface area contributed by atoms with Crippen LogP contribution >= 0.6 is 23.1 Å². The van der Waals surface area contributed by atoms with Crippen LogP contribution in [0.2, 0.25) is 0 Å². The summed E-state index contributed by atoms with van der Waals surface area (Å²) in [6.07, 6.45) is 2.39. The fraction of sp³-hybridized carbons (Fsp3) is 0.235. The van der Waals surface area contributed by atoms with E-state index < -0.39 is 0 Å². The lowest BCUT2D eigenvalue weighted by molar-refractivity contribution is -0.113. The summed E-state index contributed by atoms with van der Waals surface area (Å²) < 4.78 is 0. The summed E-state index contributed by atoms with van der Waals surface area (Å²) in [5, 5.41) is 15.1. The number of benzene rings is 2. The summed E-state index contributed by atoms with van der Waals surface area (Å²) in [6, 6.07) is 14.5. The van der Waals surface area contributed by atoms with E-state index in [1.807, 2.05) is 12.1 Å². The molecule has 0 atom stereocenters. The summed E-state index contributed by atoms with van der Waals surface area (Å²) in [7, 11) is 0. The minimum atomic E-state index is -0.0401. The number of nitrogens with one attached hydrogen (secondary N) is 1. The van der Waals surface area contributed by atoms with Gasteiger partial charge in [-0.25, -0.2) is 0 Å². The molecule has 0 aliphatic heterocycles. The third-order valence-electron chi connectivity index (χ3n) is 3.70. The van der Waals surface area contributed by atoms with E-state index in [1.54, 1.807) is 0 Å². The van der Waals surface area contributed by atoms with Gasteiger partial charge in [0.05, 0.1) is 5.75 Å². The van der Waals surface area contributed by atoms with Crippen LogP contribution in [-0.2, 0) is 4.79 Å². The number of nitrogens with zero attached hydrogens (tertiary/aromatic N) is 2. The Kier molecular flexibility index (Phi) is 4.01. The molecule has 1 amide bonds. The van der Waals surface area contributed by atoms with Crippen LogP contribution in [0.5, 0.6) is 0 Å². The van der Waals surface area contributed by atoms with Gasteiger partial charge in [0, 0.05) is 10.8 Å². The van der Waals surface area contributed by atoms with Crippen molar-refractivity contribution >= 4 is 44.9 Å². The molecule has 2 aromatic carbocycles. The van der Waals surface area contributed by atoms with Gasteiger partial charge in [-0.1, -0.05) is 41.7 Å². The van der Waals surface area contributed by atoms with E-state index in [2.05, 4.69) is 45.8 Å². The first-order valence-electron chi connectivity index (χ1n) is 7.53. The first-order chi connectivity index (χ1) is 11.3. The largest absolute Gasteiger partial charge is 0.300 e. The molecule has 1 N–H and O–H groups in total. The second kappa shape index (κ2) is 6.29. The van der Waals surface area contributed by atoms with Crippen molar-refractivity contribution in [3.63, 3.8) is 0 Å². The molecule has 4 rings (SSSR count). The molecule has 6 heteroatoms. The summed E-state index contributed by atoms with van der Waals surface area (Å²) in [5.41, 5.74) is 0. The van der Waals surface area contributed by atoms with Crippen LogP contribution in [0.25, 0.3) is 10.8 Å². The lowest BCUT2D eigenvalue weighted by Gasteiger charge is -2.04. The fourth-order valence-corrected chi connectivity index (χ4v) is 4.01. The highest BCUT2D eigenvalue weighted by atomic mass is 32.2. The van der Waals surface area contributed by atoms with Gasteiger partial charge in [-0.3, -0.25) is 10.1 Å². The molecule has 0 unspecified atom stereocenters. The van der Waals surface area contributed by atoms with Crippen molar-refractivity contribution in [2.24, 2.45) is 0 Å². The van der Waals surface area contributed by atoms with Gasteiger partial charge in [-0.05, 0) is 35.7 Å². The average Bonchev–Trinajstić information content (AvgIpc) is 3.33. The number of hydrogen-bond donors (Lipinski definition) is 1. The van der Waals surface area contributed by atoms with E-state index in [1.165, 1.54) is 46.7 Å². The zero-order chi connectivity index (χ0) is 15.6. The lowest BCUT2D eigenvalue weighted by atomic mass is 10.1. The Hall–Kier alpha value is -1.92. The van der Waals surface area contributed by atoms with Gasteiger partial charge in [0.2, 0.25) is 11.0 Å². The zero-order valence-electron chi connectivity index (χ0n) is 12.4. The van der Waals surface area contributed by atoms with Gasteiger partial charge in [0.25, 0.3) is 0 Å². The molecule has 1 aliphatic carbocycles. The van der Waals surface area contributed by atoms with Gasteiger partial charge >= 0.3 is 0 Å². The molecule has 23 heavy (non-hydrogen) atoms. The Morgan fingerprint density at radius 3 is 2.83 bits per heavy atom. The van der Waals surface area contributed by atoms with Gasteiger partial charge in [-0.15, -0.1) is 22.0 Å². The number of aromatic nitrogens is 2. The van der Waals surface area contributed by atoms with Gasteiger partial charge in [0.15, 0.2) is 0 Å². The van der Waals surface area contributed by atoms with Crippen molar-refractivity contribution in [1.29, 1.82) is 0 Å². The Morgan fingerprint density at radius 1 is 1.17 bits per heavy atom. The normalized spacial score (nSPS) is 14.1. The van der Waals surface area contributed by atoms with Gasteiger partial charge in [0.1, 0.15) is 5.01 Å². The number of amides is 1. The molecule has 1 aliphatic rings. The molecule has 4 nitrogen and oxygen atoms in total. The first-order valence-corrected chi connectivity index (χ1v) is 9.33. The maximum Gasteiger partial charge on any atom is 0.236 e. The fourth-order valence-electron chi connectivity index (χ4n) is 2.34. The smallest absolute Gasteiger partial charge is 0.236 e. The third-order valence-corrected chi connectivity index (χ3v) is 5.70. The number of carbonyl (C=O) groups excluding carboxylic acids is 1. The molecular formula is C17H15N3OS2. The third kappa shape index (κ3) is 3.54. The second-order valence-electron chi connectivity index (χ2n) is 5.57. The highest BCUT2D eigenvalue weighted by Gasteiger charge is 2.27. The van der Waals surface area contributed by atoms with Crippen LogP contribution in [0.1, 0.15) is 23.8 Å².